The molecule has 3 amide bonds. The van der Waals surface area contributed by atoms with Crippen LogP contribution in [0.15, 0.2) is 86.0 Å². The molecule has 2 aromatic rings. The molecule has 48 heavy (non-hydrogen) atoms. The lowest BCUT2D eigenvalue weighted by atomic mass is 9.70. The van der Waals surface area contributed by atoms with E-state index in [0.29, 0.717) is 65.2 Å². The topological polar surface area (TPSA) is 103 Å². The molecule has 6 atom stereocenters. The van der Waals surface area contributed by atoms with Crippen molar-refractivity contribution in [3.63, 3.8) is 0 Å². The van der Waals surface area contributed by atoms with E-state index in [4.69, 9.17) is 9.47 Å². The average Bonchev–Trinajstić information content (AvgIpc) is 3.77. The second-order valence-corrected chi connectivity index (χ2v) is 13.3. The first-order valence-electron chi connectivity index (χ1n) is 17.2. The summed E-state index contributed by atoms with van der Waals surface area (Å²) in [6.45, 7) is 12.5. The first kappa shape index (κ1) is 34.0. The normalized spacial score (nSPS) is 27.0. The maximum absolute atomic E-state index is 14.9. The number of rotatable bonds is 15. The molecule has 4 saturated heterocycles. The molecule has 0 aliphatic carbocycles. The molecule has 2 unspecified atom stereocenters. The Morgan fingerprint density at radius 2 is 1.60 bits per heavy atom. The van der Waals surface area contributed by atoms with Crippen LogP contribution in [0, 0.1) is 11.8 Å². The molecule has 0 aromatic heterocycles. The van der Waals surface area contributed by atoms with Gasteiger partial charge in [-0.15, -0.1) is 13.2 Å². The van der Waals surface area contributed by atoms with Crippen LogP contribution in [0.25, 0.3) is 0 Å². The predicted octanol–water partition coefficient (Wildman–Crippen LogP) is 2.53. The molecule has 2 aromatic carbocycles. The van der Waals surface area contributed by atoms with E-state index < -0.39 is 35.6 Å². The molecule has 4 aliphatic rings. The molecular formula is C38H48N4O6. The second kappa shape index (κ2) is 15.2. The van der Waals surface area contributed by atoms with E-state index in [1.165, 1.54) is 0 Å². The van der Waals surface area contributed by atoms with Crippen molar-refractivity contribution in [2.75, 3.05) is 59.1 Å². The fraction of sp³-hybridized carbons (Fsp3) is 0.500. The van der Waals surface area contributed by atoms with Crippen LogP contribution in [0.5, 0.6) is 0 Å². The van der Waals surface area contributed by atoms with Crippen LogP contribution in [0.1, 0.15) is 24.0 Å². The predicted molar refractivity (Wildman–Crippen MR) is 182 cm³/mol. The molecule has 10 heteroatoms. The number of fused-ring (bicyclic) bond motifs is 1. The highest BCUT2D eigenvalue weighted by Crippen LogP contribution is 2.59. The Bertz CT molecular complexity index is 1450. The third-order valence-corrected chi connectivity index (χ3v) is 10.5. The van der Waals surface area contributed by atoms with Crippen LogP contribution in [-0.4, -0.2) is 125 Å². The monoisotopic (exact) mass is 656 g/mol. The lowest BCUT2D eigenvalue weighted by molar-refractivity contribution is -0.152. The molecular weight excluding hydrogens is 608 g/mol. The van der Waals surface area contributed by atoms with Gasteiger partial charge in [0.05, 0.1) is 43.8 Å². The minimum atomic E-state index is -1.17. The van der Waals surface area contributed by atoms with Crippen molar-refractivity contribution < 1.29 is 29.0 Å². The lowest BCUT2D eigenvalue weighted by Crippen LogP contribution is -2.59. The number of nitrogens with zero attached hydrogens (tertiary/aromatic N) is 4. The average molecular weight is 657 g/mol. The Hall–Kier alpha value is -3.83. The fourth-order valence-electron chi connectivity index (χ4n) is 8.29. The van der Waals surface area contributed by atoms with Crippen LogP contribution in [0.4, 0.5) is 0 Å². The van der Waals surface area contributed by atoms with E-state index in [2.05, 4.69) is 18.1 Å². The van der Waals surface area contributed by atoms with Crippen molar-refractivity contribution >= 4 is 17.7 Å². The standard InChI is InChI=1S/C38H48N4O6/c1-3-17-40(20-19-39-21-23-47-24-22-39)37(46)34-38-16-15-31(48-38)32(35(44)41(18-4-2)26-29-13-9-6-10-14-29)33(38)36(45)42(34)30(27-43)25-28-11-7-5-8-12-28/h3-14,30-34,43H,1-2,15-27H2/t30-,31+,32-,33+,34?,38?/m1/s1. The van der Waals surface area contributed by atoms with Crippen molar-refractivity contribution in [2.45, 2.75) is 49.6 Å². The third kappa shape index (κ3) is 6.59. The number of carbonyl (C=O) groups is 3. The van der Waals surface area contributed by atoms with Gasteiger partial charge >= 0.3 is 0 Å². The molecule has 4 aliphatic heterocycles. The third-order valence-electron chi connectivity index (χ3n) is 10.5. The van der Waals surface area contributed by atoms with Gasteiger partial charge in [0.1, 0.15) is 11.6 Å². The molecule has 4 heterocycles. The van der Waals surface area contributed by atoms with Gasteiger partial charge in [-0.1, -0.05) is 72.8 Å². The largest absolute Gasteiger partial charge is 0.394 e. The van der Waals surface area contributed by atoms with Gasteiger partial charge in [-0.3, -0.25) is 19.3 Å². The van der Waals surface area contributed by atoms with Crippen LogP contribution in [0.2, 0.25) is 0 Å². The number of benzene rings is 2. The van der Waals surface area contributed by atoms with Crippen LogP contribution in [0.3, 0.4) is 0 Å². The Balaban J connectivity index is 1.35. The maximum Gasteiger partial charge on any atom is 0.248 e. The molecule has 256 valence electrons. The van der Waals surface area contributed by atoms with E-state index in [-0.39, 0.29) is 24.3 Å². The van der Waals surface area contributed by atoms with E-state index in [1.54, 1.807) is 26.9 Å². The van der Waals surface area contributed by atoms with Gasteiger partial charge in [-0.2, -0.15) is 0 Å². The van der Waals surface area contributed by atoms with Gasteiger partial charge in [0, 0.05) is 45.8 Å². The van der Waals surface area contributed by atoms with Crippen molar-refractivity contribution in [1.29, 1.82) is 0 Å². The summed E-state index contributed by atoms with van der Waals surface area (Å²) in [4.78, 5) is 51.6. The number of aliphatic hydroxyl groups is 1. The van der Waals surface area contributed by atoms with E-state index in [9.17, 15) is 19.5 Å². The highest BCUT2D eigenvalue weighted by atomic mass is 16.5. The van der Waals surface area contributed by atoms with Crippen molar-refractivity contribution in [3.8, 4) is 0 Å². The van der Waals surface area contributed by atoms with Crippen molar-refractivity contribution in [2.24, 2.45) is 11.8 Å². The molecule has 2 bridgehead atoms. The second-order valence-electron chi connectivity index (χ2n) is 13.3. The summed E-state index contributed by atoms with van der Waals surface area (Å²) >= 11 is 0. The van der Waals surface area contributed by atoms with E-state index in [0.717, 1.165) is 24.2 Å². The Kier molecular flexibility index (Phi) is 10.8. The Morgan fingerprint density at radius 1 is 0.958 bits per heavy atom. The Morgan fingerprint density at radius 3 is 2.25 bits per heavy atom. The first-order chi connectivity index (χ1) is 23.4. The summed E-state index contributed by atoms with van der Waals surface area (Å²) in [6.07, 6.45) is 4.35. The van der Waals surface area contributed by atoms with Gasteiger partial charge in [0.25, 0.3) is 0 Å². The summed E-state index contributed by atoms with van der Waals surface area (Å²) < 4.78 is 12.3. The summed E-state index contributed by atoms with van der Waals surface area (Å²) in [5.74, 6) is -2.28. The number of ether oxygens (including phenoxy) is 2. The number of hydrogen-bond acceptors (Lipinski definition) is 7. The summed E-state index contributed by atoms with van der Waals surface area (Å²) in [5, 5.41) is 10.8. The van der Waals surface area contributed by atoms with E-state index in [1.807, 2.05) is 60.7 Å². The quantitative estimate of drug-likeness (QED) is 0.294. The van der Waals surface area contributed by atoms with Gasteiger partial charge in [0.2, 0.25) is 17.7 Å². The van der Waals surface area contributed by atoms with Crippen molar-refractivity contribution in [3.05, 3.63) is 97.1 Å². The lowest BCUT2D eigenvalue weighted by Gasteiger charge is -2.40. The number of hydrogen-bond donors (Lipinski definition) is 1. The van der Waals surface area contributed by atoms with Crippen LogP contribution in [-0.2, 0) is 36.8 Å². The highest BCUT2D eigenvalue weighted by molar-refractivity contribution is 5.99. The molecule has 0 saturated carbocycles. The van der Waals surface area contributed by atoms with Gasteiger partial charge in [-0.05, 0) is 30.4 Å². The fourth-order valence-corrected chi connectivity index (χ4v) is 8.29. The van der Waals surface area contributed by atoms with Crippen molar-refractivity contribution in [1.82, 2.24) is 19.6 Å². The number of amides is 3. The molecule has 0 radical (unpaired) electrons. The highest BCUT2D eigenvalue weighted by Gasteiger charge is 2.75. The minimum Gasteiger partial charge on any atom is -0.394 e. The van der Waals surface area contributed by atoms with Gasteiger partial charge in [0.15, 0.2) is 0 Å². The zero-order valence-corrected chi connectivity index (χ0v) is 27.7. The summed E-state index contributed by atoms with van der Waals surface area (Å²) in [6, 6.07) is 17.8. The molecule has 6 rings (SSSR count). The zero-order valence-electron chi connectivity index (χ0n) is 27.7. The summed E-state index contributed by atoms with van der Waals surface area (Å²) in [7, 11) is 0. The SMILES string of the molecule is C=CCN(CCN1CCOCC1)C(=O)C1N([C@@H](CO)Cc2ccccc2)C(=O)[C@@H]2[C@H](C(=O)N(CC=C)Cc3ccccc3)[C@@H]3CCC12O3. The maximum atomic E-state index is 14.9. The molecule has 1 spiro atoms. The first-order valence-corrected chi connectivity index (χ1v) is 17.2. The molecule has 1 N–H and O–H groups in total. The zero-order chi connectivity index (χ0) is 33.7. The van der Waals surface area contributed by atoms with Crippen LogP contribution < -0.4 is 0 Å². The van der Waals surface area contributed by atoms with E-state index >= 15 is 0 Å². The van der Waals surface area contributed by atoms with Gasteiger partial charge < -0.3 is 29.3 Å². The van der Waals surface area contributed by atoms with Crippen LogP contribution >= 0.6 is 0 Å². The minimum absolute atomic E-state index is 0.171. The number of morpholine rings is 1. The Labute approximate surface area is 283 Å². The number of carbonyl (C=O) groups excluding carboxylic acids is 3. The number of aliphatic hydroxyl groups excluding tert-OH is 1. The smallest absolute Gasteiger partial charge is 0.248 e. The van der Waals surface area contributed by atoms with Gasteiger partial charge in [-0.25, -0.2) is 0 Å². The number of likely N-dealkylation sites (tertiary alicyclic amines) is 1. The molecule has 4 fully saturated rings. The summed E-state index contributed by atoms with van der Waals surface area (Å²) in [5.41, 5.74) is 0.745. The molecule has 10 nitrogen and oxygen atoms in total.